The van der Waals surface area contributed by atoms with Crippen molar-refractivity contribution >= 4 is 40.8 Å². The second-order valence-corrected chi connectivity index (χ2v) is 14.3. The molecule has 1 aromatic carbocycles. The van der Waals surface area contributed by atoms with E-state index >= 15 is 0 Å². The number of fused-ring (bicyclic) bond motifs is 1. The van der Waals surface area contributed by atoms with E-state index in [0.29, 0.717) is 12.1 Å². The lowest BCUT2D eigenvalue weighted by Crippen LogP contribution is -2.22. The first-order chi connectivity index (χ1) is 12.6. The minimum Gasteiger partial charge on any atom is -0.382 e. The van der Waals surface area contributed by atoms with Crippen LogP contribution in [0.2, 0.25) is 25.7 Å². The predicted octanol–water partition coefficient (Wildman–Crippen LogP) is 4.26. The van der Waals surface area contributed by atoms with Gasteiger partial charge in [-0.1, -0.05) is 35.6 Å². The third kappa shape index (κ3) is 5.76. The Balaban J connectivity index is 2.39. The van der Waals surface area contributed by atoms with Crippen LogP contribution in [0.5, 0.6) is 0 Å². The maximum atomic E-state index is 12.9. The molecule has 6 nitrogen and oxygen atoms in total. The zero-order valence-electron chi connectivity index (χ0n) is 16.4. The van der Waals surface area contributed by atoms with Crippen molar-refractivity contribution in [2.45, 2.75) is 32.4 Å². The zero-order valence-corrected chi connectivity index (χ0v) is 19.0. The zero-order chi connectivity index (χ0) is 20.2. The molecule has 2 aromatic rings. The third-order valence-corrected chi connectivity index (χ3v) is 6.08. The van der Waals surface area contributed by atoms with Gasteiger partial charge in [0.25, 0.3) is 0 Å². The Hall–Kier alpha value is -1.95. The minimum absolute atomic E-state index is 0.0396. The Kier molecular flexibility index (Phi) is 6.98. The van der Waals surface area contributed by atoms with Crippen molar-refractivity contribution in [3.05, 3.63) is 40.3 Å². The van der Waals surface area contributed by atoms with Gasteiger partial charge in [-0.2, -0.15) is 5.26 Å². The van der Waals surface area contributed by atoms with Crippen LogP contribution in [0.25, 0.3) is 11.0 Å². The summed E-state index contributed by atoms with van der Waals surface area (Å²) < 4.78 is 8.48. The van der Waals surface area contributed by atoms with E-state index < -0.39 is 13.9 Å². The molecule has 27 heavy (non-hydrogen) atoms. The highest BCUT2D eigenvalue weighted by Crippen LogP contribution is 2.23. The number of halogens is 1. The second-order valence-electron chi connectivity index (χ2n) is 7.79. The van der Waals surface area contributed by atoms with Crippen LogP contribution in [-0.2, 0) is 11.5 Å². The van der Waals surface area contributed by atoms with Crippen LogP contribution in [0.4, 0.5) is 0 Å². The van der Waals surface area contributed by atoms with E-state index in [1.165, 1.54) is 6.20 Å². The number of carbonyl (C=O) groups is 1. The van der Waals surface area contributed by atoms with E-state index in [1.807, 2.05) is 24.3 Å². The van der Waals surface area contributed by atoms with Crippen LogP contribution in [0.15, 0.2) is 34.4 Å². The van der Waals surface area contributed by atoms with Crippen LogP contribution in [-0.4, -0.2) is 49.0 Å². The van der Waals surface area contributed by atoms with E-state index in [-0.39, 0.29) is 18.1 Å². The molecule has 1 heterocycles. The molecule has 0 aliphatic carbocycles. The Morgan fingerprint density at radius 3 is 2.70 bits per heavy atom. The van der Waals surface area contributed by atoms with Gasteiger partial charge in [0.1, 0.15) is 18.4 Å². The molecule has 0 spiro atoms. The van der Waals surface area contributed by atoms with Crippen molar-refractivity contribution in [3.63, 3.8) is 0 Å². The van der Waals surface area contributed by atoms with Crippen LogP contribution >= 0.6 is 15.9 Å². The van der Waals surface area contributed by atoms with E-state index in [1.54, 1.807) is 23.6 Å². The predicted molar refractivity (Wildman–Crippen MR) is 113 cm³/mol. The van der Waals surface area contributed by atoms with E-state index in [2.05, 4.69) is 40.6 Å². The van der Waals surface area contributed by atoms with E-state index in [4.69, 9.17) is 4.74 Å². The number of imidazole rings is 1. The number of aromatic nitrogens is 2. The third-order valence-electron chi connectivity index (χ3n) is 3.88. The lowest BCUT2D eigenvalue weighted by Gasteiger charge is -2.16. The van der Waals surface area contributed by atoms with Gasteiger partial charge >= 0.3 is 0 Å². The first-order valence-electron chi connectivity index (χ1n) is 8.69. The van der Waals surface area contributed by atoms with Crippen molar-refractivity contribution in [2.75, 3.05) is 20.7 Å². The SMILES string of the molecule is CN(C)/C=C(/C#N)C(=O)c1nc2cc(Br)ccc2n1COCC[Si](C)(C)C. The lowest BCUT2D eigenvalue weighted by atomic mass is 10.2. The number of nitrogens with zero attached hydrogens (tertiary/aromatic N) is 4. The highest BCUT2D eigenvalue weighted by Gasteiger charge is 2.22. The molecule has 0 atom stereocenters. The summed E-state index contributed by atoms with van der Waals surface area (Å²) >= 11 is 3.43. The molecule has 0 unspecified atom stereocenters. The number of allylic oxidation sites excluding steroid dienone is 1. The summed E-state index contributed by atoms with van der Waals surface area (Å²) in [5, 5.41) is 9.38. The molecule has 0 saturated heterocycles. The van der Waals surface area contributed by atoms with Gasteiger partial charge in [-0.05, 0) is 24.2 Å². The number of nitriles is 1. The van der Waals surface area contributed by atoms with Crippen LogP contribution in [0, 0.1) is 11.3 Å². The van der Waals surface area contributed by atoms with E-state index in [0.717, 1.165) is 16.0 Å². The average Bonchev–Trinajstić information content (AvgIpc) is 2.92. The maximum Gasteiger partial charge on any atom is 0.240 e. The van der Waals surface area contributed by atoms with Gasteiger partial charge in [0.15, 0.2) is 5.82 Å². The highest BCUT2D eigenvalue weighted by molar-refractivity contribution is 9.10. The molecule has 2 rings (SSSR count). The Bertz CT molecular complexity index is 907. The molecule has 0 aliphatic rings. The normalized spacial score (nSPS) is 12.3. The molecule has 144 valence electrons. The molecule has 0 N–H and O–H groups in total. The molecule has 0 bridgehead atoms. The van der Waals surface area contributed by atoms with Crippen LogP contribution in [0.3, 0.4) is 0 Å². The first kappa shape index (κ1) is 21.3. The van der Waals surface area contributed by atoms with Gasteiger partial charge in [-0.3, -0.25) is 9.36 Å². The molecule has 8 heteroatoms. The van der Waals surface area contributed by atoms with Gasteiger partial charge in [0, 0.05) is 39.4 Å². The minimum atomic E-state index is -1.20. The summed E-state index contributed by atoms with van der Waals surface area (Å²) in [6.45, 7) is 7.74. The fraction of sp³-hybridized carbons (Fsp3) is 0.421. The van der Waals surface area contributed by atoms with Gasteiger partial charge < -0.3 is 9.64 Å². The fourth-order valence-corrected chi connectivity index (χ4v) is 3.56. The Morgan fingerprint density at radius 1 is 1.41 bits per heavy atom. The summed E-state index contributed by atoms with van der Waals surface area (Å²) in [5.41, 5.74) is 1.53. The standard InChI is InChI=1S/C19H25BrN4O2Si/c1-23(2)12-14(11-21)18(25)19-22-16-10-15(20)6-7-17(16)24(19)13-26-8-9-27(3,4)5/h6-7,10,12H,8-9,13H2,1-5H3/b14-12-. The van der Waals surface area contributed by atoms with E-state index in [9.17, 15) is 10.1 Å². The van der Waals surface area contributed by atoms with Crippen molar-refractivity contribution < 1.29 is 9.53 Å². The van der Waals surface area contributed by atoms with Gasteiger partial charge in [0.2, 0.25) is 5.78 Å². The van der Waals surface area contributed by atoms with Crippen molar-refractivity contribution in [2.24, 2.45) is 0 Å². The number of hydrogen-bond donors (Lipinski definition) is 0. The smallest absolute Gasteiger partial charge is 0.240 e. The Labute approximate surface area is 169 Å². The summed E-state index contributed by atoms with van der Waals surface area (Å²) in [6.07, 6.45) is 1.51. The summed E-state index contributed by atoms with van der Waals surface area (Å²) in [7, 11) is 2.34. The molecular weight excluding hydrogens is 424 g/mol. The lowest BCUT2D eigenvalue weighted by molar-refractivity contribution is 0.0834. The van der Waals surface area contributed by atoms with Crippen molar-refractivity contribution in [1.29, 1.82) is 5.26 Å². The van der Waals surface area contributed by atoms with Gasteiger partial charge in [-0.25, -0.2) is 4.98 Å². The van der Waals surface area contributed by atoms with Crippen LogP contribution in [0.1, 0.15) is 10.6 Å². The van der Waals surface area contributed by atoms with Crippen molar-refractivity contribution in [1.82, 2.24) is 14.5 Å². The summed E-state index contributed by atoms with van der Waals surface area (Å²) in [5.74, 6) is -0.196. The van der Waals surface area contributed by atoms with Crippen molar-refractivity contribution in [3.8, 4) is 6.07 Å². The highest BCUT2D eigenvalue weighted by atomic mass is 79.9. The van der Waals surface area contributed by atoms with Gasteiger partial charge in [0.05, 0.1) is 11.0 Å². The number of rotatable bonds is 8. The maximum absolute atomic E-state index is 12.9. The molecule has 0 aliphatic heterocycles. The largest absolute Gasteiger partial charge is 0.382 e. The second kappa shape index (κ2) is 8.82. The number of carbonyl (C=O) groups excluding carboxylic acids is 1. The molecule has 0 saturated carbocycles. The molecule has 1 aromatic heterocycles. The number of ketones is 1. The first-order valence-corrected chi connectivity index (χ1v) is 13.2. The quantitative estimate of drug-likeness (QED) is 0.198. The summed E-state index contributed by atoms with van der Waals surface area (Å²) in [6, 6.07) is 8.66. The van der Waals surface area contributed by atoms with Gasteiger partial charge in [-0.15, -0.1) is 0 Å². The molecule has 0 fully saturated rings. The number of Topliss-reactive ketones (excluding diaryl/α,β-unsaturated/α-hetero) is 1. The number of ether oxygens (including phenoxy) is 1. The topological polar surface area (TPSA) is 71.2 Å². The number of benzene rings is 1. The summed E-state index contributed by atoms with van der Waals surface area (Å²) in [4.78, 5) is 19.1. The number of hydrogen-bond acceptors (Lipinski definition) is 5. The molecule has 0 radical (unpaired) electrons. The Morgan fingerprint density at radius 2 is 2.11 bits per heavy atom. The fourth-order valence-electron chi connectivity index (χ4n) is 2.46. The van der Waals surface area contributed by atoms with Crippen LogP contribution < -0.4 is 0 Å². The molecule has 0 amide bonds. The monoisotopic (exact) mass is 448 g/mol. The average molecular weight is 449 g/mol. The molecular formula is C19H25BrN4O2Si.